The molecular weight excluding hydrogens is 339 g/mol. The number of halogens is 2. The summed E-state index contributed by atoms with van der Waals surface area (Å²) in [7, 11) is 0. The molecule has 0 spiro atoms. The van der Waals surface area contributed by atoms with Crippen LogP contribution < -0.4 is 0 Å². The molecule has 1 aromatic rings. The van der Waals surface area contributed by atoms with Gasteiger partial charge >= 0.3 is 0 Å². The Morgan fingerprint density at radius 1 is 1.21 bits per heavy atom. The molecule has 0 aliphatic heterocycles. The van der Waals surface area contributed by atoms with Crippen molar-refractivity contribution in [3.63, 3.8) is 0 Å². The molecule has 0 saturated heterocycles. The molecule has 1 aromatic heterocycles. The monoisotopic (exact) mass is 366 g/mol. The third-order valence-electron chi connectivity index (χ3n) is 3.14. The molecule has 24 heavy (non-hydrogen) atoms. The van der Waals surface area contributed by atoms with Gasteiger partial charge in [-0.1, -0.05) is 80.4 Å². The summed E-state index contributed by atoms with van der Waals surface area (Å²) in [5.41, 5.74) is 2.93. The lowest BCUT2D eigenvalue weighted by Gasteiger charge is -2.03. The van der Waals surface area contributed by atoms with Crippen LogP contribution in [0.3, 0.4) is 0 Å². The van der Waals surface area contributed by atoms with Crippen molar-refractivity contribution in [2.24, 2.45) is 5.92 Å². The van der Waals surface area contributed by atoms with Crippen LogP contribution >= 0.6 is 23.2 Å². The van der Waals surface area contributed by atoms with E-state index in [1.807, 2.05) is 33.8 Å². The van der Waals surface area contributed by atoms with Crippen LogP contribution in [-0.4, -0.2) is 9.97 Å². The van der Waals surface area contributed by atoms with E-state index in [1.54, 1.807) is 6.08 Å². The van der Waals surface area contributed by atoms with Gasteiger partial charge < -0.3 is 0 Å². The summed E-state index contributed by atoms with van der Waals surface area (Å²) in [6.45, 7) is 12.3. The first kappa shape index (κ1) is 22.6. The molecule has 2 nitrogen and oxygen atoms in total. The fraction of sp³-hybridized carbons (Fsp3) is 0.400. The van der Waals surface area contributed by atoms with Crippen LogP contribution in [0.2, 0.25) is 5.15 Å². The Labute approximate surface area is 157 Å². The number of rotatable bonds is 5. The van der Waals surface area contributed by atoms with Crippen LogP contribution in [0, 0.1) is 5.92 Å². The van der Waals surface area contributed by atoms with Crippen molar-refractivity contribution >= 4 is 28.2 Å². The Hall–Kier alpha value is -1.38. The van der Waals surface area contributed by atoms with Gasteiger partial charge in [-0.05, 0) is 38.7 Å². The van der Waals surface area contributed by atoms with Gasteiger partial charge in [0.1, 0.15) is 10.8 Å². The molecule has 1 heterocycles. The number of nitrogens with zero attached hydrogens (tertiary/aromatic N) is 2. The molecule has 0 atom stereocenters. The normalized spacial score (nSPS) is 12.9. The lowest BCUT2D eigenvalue weighted by Crippen LogP contribution is -1.97. The molecule has 1 rings (SSSR count). The van der Waals surface area contributed by atoms with E-state index in [4.69, 9.17) is 23.2 Å². The number of aryl methyl sites for hydroxylation is 1. The van der Waals surface area contributed by atoms with E-state index >= 15 is 0 Å². The molecule has 0 bridgehead atoms. The summed E-state index contributed by atoms with van der Waals surface area (Å²) in [6.07, 6.45) is 14.6. The maximum atomic E-state index is 5.94. The molecule has 0 fully saturated rings. The fourth-order valence-electron chi connectivity index (χ4n) is 1.83. The maximum Gasteiger partial charge on any atom is 0.147 e. The van der Waals surface area contributed by atoms with Crippen molar-refractivity contribution < 1.29 is 0 Å². The number of hydrogen-bond donors (Lipinski definition) is 0. The van der Waals surface area contributed by atoms with Crippen molar-refractivity contribution in [2.45, 2.75) is 48.0 Å². The second-order valence-corrected chi connectivity index (χ2v) is 6.12. The predicted molar refractivity (Wildman–Crippen MR) is 108 cm³/mol. The first-order chi connectivity index (χ1) is 11.4. The minimum Gasteiger partial charge on any atom is -0.250 e. The molecule has 0 unspecified atom stereocenters. The van der Waals surface area contributed by atoms with E-state index in [0.29, 0.717) is 16.1 Å². The standard InChI is InChI=1S/C11H18.C9H10Cl2N2/c1-5-7-9-11(8-6-2)10(3)4;1-3-6(10)9-7(4-2)13-8(11)5-12-9/h5-10H,1-4H3;3,5H,4H2,1-2H3/b7-5-,8-6-,11-9+;6-3+. The third-order valence-corrected chi connectivity index (χ3v) is 3.72. The molecule has 0 saturated carbocycles. The summed E-state index contributed by atoms with van der Waals surface area (Å²) < 4.78 is 0. The maximum absolute atomic E-state index is 5.94. The van der Waals surface area contributed by atoms with Gasteiger partial charge in [-0.15, -0.1) is 0 Å². The Bertz CT molecular complexity index is 612. The molecule has 132 valence electrons. The number of allylic oxidation sites excluding steroid dienone is 7. The Morgan fingerprint density at radius 2 is 1.88 bits per heavy atom. The lowest BCUT2D eigenvalue weighted by atomic mass is 10.0. The van der Waals surface area contributed by atoms with Gasteiger partial charge in [-0.2, -0.15) is 0 Å². The second kappa shape index (κ2) is 13.0. The highest BCUT2D eigenvalue weighted by Gasteiger charge is 2.07. The van der Waals surface area contributed by atoms with E-state index in [1.165, 1.54) is 11.8 Å². The average molecular weight is 367 g/mol. The van der Waals surface area contributed by atoms with E-state index in [-0.39, 0.29) is 0 Å². The van der Waals surface area contributed by atoms with Crippen molar-refractivity contribution in [2.75, 3.05) is 0 Å². The summed E-state index contributed by atoms with van der Waals surface area (Å²) in [5.74, 6) is 0.613. The number of hydrogen-bond acceptors (Lipinski definition) is 2. The van der Waals surface area contributed by atoms with Gasteiger partial charge in [0.05, 0.1) is 16.9 Å². The highest BCUT2D eigenvalue weighted by Crippen LogP contribution is 2.20. The zero-order chi connectivity index (χ0) is 18.5. The van der Waals surface area contributed by atoms with Gasteiger partial charge in [0.2, 0.25) is 0 Å². The summed E-state index contributed by atoms with van der Waals surface area (Å²) in [5, 5.41) is 1.02. The number of aromatic nitrogens is 2. The SMILES string of the molecule is C/C=C(/Cl)c1ncc(Cl)nc1CC.C\C=C/C=C(\C=C/C)C(C)C. The van der Waals surface area contributed by atoms with Crippen LogP contribution in [0.15, 0.2) is 48.2 Å². The van der Waals surface area contributed by atoms with Crippen LogP contribution in [0.25, 0.3) is 5.03 Å². The Balaban J connectivity index is 0.000000449. The predicted octanol–water partition coefficient (Wildman–Crippen LogP) is 7.01. The van der Waals surface area contributed by atoms with E-state index in [2.05, 4.69) is 48.1 Å². The van der Waals surface area contributed by atoms with Crippen molar-refractivity contribution in [3.8, 4) is 0 Å². The van der Waals surface area contributed by atoms with Crippen molar-refractivity contribution in [1.82, 2.24) is 9.97 Å². The first-order valence-electron chi connectivity index (χ1n) is 8.20. The molecule has 0 aromatic carbocycles. The van der Waals surface area contributed by atoms with E-state index < -0.39 is 0 Å². The summed E-state index contributed by atoms with van der Waals surface area (Å²) in [6, 6.07) is 0. The lowest BCUT2D eigenvalue weighted by molar-refractivity contribution is 0.791. The molecule has 0 amide bonds. The van der Waals surface area contributed by atoms with Crippen LogP contribution in [-0.2, 0) is 6.42 Å². The molecule has 0 N–H and O–H groups in total. The van der Waals surface area contributed by atoms with E-state index in [9.17, 15) is 0 Å². The highest BCUT2D eigenvalue weighted by atomic mass is 35.5. The Morgan fingerprint density at radius 3 is 2.33 bits per heavy atom. The summed E-state index contributed by atoms with van der Waals surface area (Å²) >= 11 is 11.6. The average Bonchev–Trinajstić information content (AvgIpc) is 2.58. The van der Waals surface area contributed by atoms with Gasteiger partial charge in [0.15, 0.2) is 0 Å². The third kappa shape index (κ3) is 8.47. The molecule has 0 radical (unpaired) electrons. The first-order valence-corrected chi connectivity index (χ1v) is 8.95. The largest absolute Gasteiger partial charge is 0.250 e. The van der Waals surface area contributed by atoms with Gasteiger partial charge in [-0.25, -0.2) is 4.98 Å². The van der Waals surface area contributed by atoms with Gasteiger partial charge in [-0.3, -0.25) is 4.98 Å². The van der Waals surface area contributed by atoms with Gasteiger partial charge in [0.25, 0.3) is 0 Å². The van der Waals surface area contributed by atoms with Crippen LogP contribution in [0.1, 0.15) is 52.9 Å². The minimum atomic E-state index is 0.404. The topological polar surface area (TPSA) is 25.8 Å². The Kier molecular flexibility index (Phi) is 12.2. The molecule has 0 aliphatic rings. The summed E-state index contributed by atoms with van der Waals surface area (Å²) in [4.78, 5) is 8.26. The minimum absolute atomic E-state index is 0.404. The molecule has 4 heteroatoms. The second-order valence-electron chi connectivity index (χ2n) is 5.33. The zero-order valence-corrected chi connectivity index (χ0v) is 17.0. The van der Waals surface area contributed by atoms with Crippen LogP contribution in [0.4, 0.5) is 0 Å². The highest BCUT2D eigenvalue weighted by molar-refractivity contribution is 6.48. The van der Waals surface area contributed by atoms with E-state index in [0.717, 1.165) is 17.8 Å². The van der Waals surface area contributed by atoms with Crippen molar-refractivity contribution in [1.29, 1.82) is 0 Å². The molecular formula is C20H28Cl2N2. The van der Waals surface area contributed by atoms with Gasteiger partial charge in [0, 0.05) is 0 Å². The zero-order valence-electron chi connectivity index (χ0n) is 15.5. The van der Waals surface area contributed by atoms with Crippen molar-refractivity contribution in [3.05, 3.63) is 64.8 Å². The quantitative estimate of drug-likeness (QED) is 0.523. The smallest absolute Gasteiger partial charge is 0.147 e. The molecule has 0 aliphatic carbocycles. The fourth-order valence-corrected chi connectivity index (χ4v) is 2.13. The van der Waals surface area contributed by atoms with Crippen LogP contribution in [0.5, 0.6) is 0 Å².